The molecule has 1 aromatic carbocycles. The number of Topliss-reactive ketones (excluding diaryl/α,β-unsaturated/α-hetero) is 1. The van der Waals surface area contributed by atoms with E-state index in [4.69, 9.17) is 9.73 Å². The van der Waals surface area contributed by atoms with E-state index in [1.165, 1.54) is 0 Å². The Morgan fingerprint density at radius 1 is 1.29 bits per heavy atom. The topological polar surface area (TPSA) is 58.9 Å². The van der Waals surface area contributed by atoms with Crippen molar-refractivity contribution < 1.29 is 14.6 Å². The Labute approximate surface area is 144 Å². The molecule has 0 aromatic heterocycles. The molecule has 1 aliphatic rings. The molecule has 0 radical (unpaired) electrons. The SMILES string of the molecule is CCCC/C(O)=C1/C(=O)CC(C)(C)CC1=Nc1ccccc1OC. The lowest BCUT2D eigenvalue weighted by Gasteiger charge is -2.31. The fraction of sp³-hybridized carbons (Fsp3) is 0.500. The summed E-state index contributed by atoms with van der Waals surface area (Å²) in [6.07, 6.45) is 3.43. The van der Waals surface area contributed by atoms with Crippen molar-refractivity contribution in [2.24, 2.45) is 10.4 Å². The van der Waals surface area contributed by atoms with E-state index in [-0.39, 0.29) is 17.0 Å². The van der Waals surface area contributed by atoms with Crippen molar-refractivity contribution in [3.05, 3.63) is 35.6 Å². The molecule has 0 heterocycles. The molecule has 1 aliphatic carbocycles. The number of nitrogens with zero attached hydrogens (tertiary/aromatic N) is 1. The van der Waals surface area contributed by atoms with E-state index in [2.05, 4.69) is 20.8 Å². The quantitative estimate of drug-likeness (QED) is 0.599. The highest BCUT2D eigenvalue weighted by Crippen LogP contribution is 2.38. The van der Waals surface area contributed by atoms with E-state index in [0.717, 1.165) is 12.8 Å². The van der Waals surface area contributed by atoms with Gasteiger partial charge in [0.2, 0.25) is 0 Å². The molecule has 1 N–H and O–H groups in total. The van der Waals surface area contributed by atoms with Gasteiger partial charge in [-0.3, -0.25) is 4.79 Å². The number of benzene rings is 1. The first-order chi connectivity index (χ1) is 11.4. The van der Waals surface area contributed by atoms with E-state index >= 15 is 0 Å². The maximum Gasteiger partial charge on any atom is 0.168 e. The van der Waals surface area contributed by atoms with Gasteiger partial charge in [0.25, 0.3) is 0 Å². The molecule has 0 saturated heterocycles. The van der Waals surface area contributed by atoms with Crippen molar-refractivity contribution in [3.63, 3.8) is 0 Å². The van der Waals surface area contributed by atoms with E-state index in [1.807, 2.05) is 24.3 Å². The summed E-state index contributed by atoms with van der Waals surface area (Å²) in [7, 11) is 1.60. The second-order valence-corrected chi connectivity index (χ2v) is 7.10. The zero-order valence-corrected chi connectivity index (χ0v) is 15.1. The summed E-state index contributed by atoms with van der Waals surface area (Å²) in [6, 6.07) is 7.47. The van der Waals surface area contributed by atoms with Gasteiger partial charge in [-0.05, 0) is 30.4 Å². The van der Waals surface area contributed by atoms with Gasteiger partial charge < -0.3 is 9.84 Å². The number of aliphatic imine (C=N–C) groups is 1. The van der Waals surface area contributed by atoms with Crippen LogP contribution in [0.1, 0.15) is 52.9 Å². The van der Waals surface area contributed by atoms with Crippen molar-refractivity contribution in [2.45, 2.75) is 52.9 Å². The lowest BCUT2D eigenvalue weighted by molar-refractivity contribution is -0.117. The minimum Gasteiger partial charge on any atom is -0.511 e. The second kappa shape index (κ2) is 7.65. The third kappa shape index (κ3) is 4.25. The normalized spacial score (nSPS) is 21.0. The van der Waals surface area contributed by atoms with Gasteiger partial charge in [0.05, 0.1) is 18.4 Å². The number of allylic oxidation sites excluding steroid dienone is 2. The van der Waals surface area contributed by atoms with Crippen LogP contribution in [0.5, 0.6) is 5.75 Å². The first-order valence-electron chi connectivity index (χ1n) is 8.54. The van der Waals surface area contributed by atoms with Crippen LogP contribution >= 0.6 is 0 Å². The van der Waals surface area contributed by atoms with Gasteiger partial charge in [-0.15, -0.1) is 0 Å². The second-order valence-electron chi connectivity index (χ2n) is 7.10. The molecule has 0 amide bonds. The molecule has 0 aliphatic heterocycles. The molecule has 0 atom stereocenters. The Morgan fingerprint density at radius 3 is 2.67 bits per heavy atom. The Balaban J connectivity index is 2.51. The molecule has 0 spiro atoms. The predicted molar refractivity (Wildman–Crippen MR) is 97.3 cm³/mol. The van der Waals surface area contributed by atoms with Crippen LogP contribution in [0.4, 0.5) is 5.69 Å². The summed E-state index contributed by atoms with van der Waals surface area (Å²) in [4.78, 5) is 17.3. The number of aliphatic hydroxyl groups is 1. The maximum absolute atomic E-state index is 12.6. The molecular weight excluding hydrogens is 302 g/mol. The van der Waals surface area contributed by atoms with Crippen LogP contribution in [-0.4, -0.2) is 23.7 Å². The monoisotopic (exact) mass is 329 g/mol. The van der Waals surface area contributed by atoms with Crippen molar-refractivity contribution in [1.82, 2.24) is 0 Å². The highest BCUT2D eigenvalue weighted by Gasteiger charge is 2.36. The molecule has 0 bridgehead atoms. The predicted octanol–water partition coefficient (Wildman–Crippen LogP) is 5.16. The molecule has 1 saturated carbocycles. The number of unbranched alkanes of at least 4 members (excludes halogenated alkanes) is 1. The van der Waals surface area contributed by atoms with Gasteiger partial charge in [0.15, 0.2) is 5.78 Å². The van der Waals surface area contributed by atoms with E-state index < -0.39 is 0 Å². The minimum atomic E-state index is -0.160. The van der Waals surface area contributed by atoms with Crippen molar-refractivity contribution in [3.8, 4) is 5.75 Å². The first kappa shape index (κ1) is 18.2. The van der Waals surface area contributed by atoms with Gasteiger partial charge in [-0.25, -0.2) is 4.99 Å². The molecular formula is C20H27NO3. The highest BCUT2D eigenvalue weighted by atomic mass is 16.5. The summed E-state index contributed by atoms with van der Waals surface area (Å²) < 4.78 is 5.36. The van der Waals surface area contributed by atoms with Gasteiger partial charge in [-0.1, -0.05) is 39.3 Å². The summed E-state index contributed by atoms with van der Waals surface area (Å²) in [6.45, 7) is 6.18. The number of carbonyl (C=O) groups excluding carboxylic acids is 1. The van der Waals surface area contributed by atoms with Crippen LogP contribution in [0.2, 0.25) is 0 Å². The van der Waals surface area contributed by atoms with Gasteiger partial charge in [0, 0.05) is 12.8 Å². The number of ketones is 1. The van der Waals surface area contributed by atoms with Crippen LogP contribution in [0.25, 0.3) is 0 Å². The fourth-order valence-electron chi connectivity index (χ4n) is 3.05. The largest absolute Gasteiger partial charge is 0.511 e. The third-order valence-corrected chi connectivity index (χ3v) is 4.25. The summed E-state index contributed by atoms with van der Waals surface area (Å²) in [5.74, 6) is 0.813. The zero-order chi connectivity index (χ0) is 17.7. The minimum absolute atomic E-state index is 0.0199. The lowest BCUT2D eigenvalue weighted by Crippen LogP contribution is -2.32. The summed E-state index contributed by atoms with van der Waals surface area (Å²) >= 11 is 0. The number of methoxy groups -OCH3 is 1. The highest BCUT2D eigenvalue weighted by molar-refractivity contribution is 6.25. The lowest BCUT2D eigenvalue weighted by atomic mass is 9.73. The Hall–Kier alpha value is -2.10. The Kier molecular flexibility index (Phi) is 5.81. The molecule has 1 fully saturated rings. The zero-order valence-electron chi connectivity index (χ0n) is 15.1. The standard InChI is InChI=1S/C20H27NO3/c1-5-6-10-16(22)19-15(12-20(2,3)13-17(19)23)21-14-9-7-8-11-18(14)24-4/h7-9,11,22H,5-6,10,12-13H2,1-4H3/b19-16-,21-15?. The van der Waals surface area contributed by atoms with E-state index in [9.17, 15) is 9.90 Å². The van der Waals surface area contributed by atoms with Gasteiger partial charge in [-0.2, -0.15) is 0 Å². The number of carbonyl (C=O) groups is 1. The number of aliphatic hydroxyl groups excluding tert-OH is 1. The summed E-state index contributed by atoms with van der Waals surface area (Å²) in [5, 5.41) is 10.5. The molecule has 1 aromatic rings. The summed E-state index contributed by atoms with van der Waals surface area (Å²) in [5.41, 5.74) is 1.59. The van der Waals surface area contributed by atoms with Crippen LogP contribution in [-0.2, 0) is 4.79 Å². The average molecular weight is 329 g/mol. The van der Waals surface area contributed by atoms with E-state index in [1.54, 1.807) is 7.11 Å². The van der Waals surface area contributed by atoms with Gasteiger partial charge >= 0.3 is 0 Å². The number of hydrogen-bond donors (Lipinski definition) is 1. The first-order valence-corrected chi connectivity index (χ1v) is 8.54. The molecule has 130 valence electrons. The van der Waals surface area contributed by atoms with Crippen LogP contribution in [0.15, 0.2) is 40.6 Å². The van der Waals surface area contributed by atoms with Crippen LogP contribution in [0.3, 0.4) is 0 Å². The number of ether oxygens (including phenoxy) is 1. The van der Waals surface area contributed by atoms with Crippen LogP contribution in [0, 0.1) is 5.41 Å². The fourth-order valence-corrected chi connectivity index (χ4v) is 3.05. The number of para-hydroxylation sites is 2. The van der Waals surface area contributed by atoms with Crippen molar-refractivity contribution in [2.75, 3.05) is 7.11 Å². The van der Waals surface area contributed by atoms with Crippen molar-refractivity contribution in [1.29, 1.82) is 0 Å². The Morgan fingerprint density at radius 2 is 2.00 bits per heavy atom. The Bertz CT molecular complexity index is 671. The average Bonchev–Trinajstić information content (AvgIpc) is 2.51. The van der Waals surface area contributed by atoms with E-state index in [0.29, 0.717) is 42.0 Å². The van der Waals surface area contributed by atoms with Crippen LogP contribution < -0.4 is 4.74 Å². The molecule has 0 unspecified atom stereocenters. The third-order valence-electron chi connectivity index (χ3n) is 4.25. The number of hydrogen-bond acceptors (Lipinski definition) is 4. The molecule has 4 nitrogen and oxygen atoms in total. The number of rotatable bonds is 5. The van der Waals surface area contributed by atoms with Gasteiger partial charge in [0.1, 0.15) is 17.2 Å². The molecule has 4 heteroatoms. The maximum atomic E-state index is 12.6. The molecule has 24 heavy (non-hydrogen) atoms. The van der Waals surface area contributed by atoms with Crippen molar-refractivity contribution >= 4 is 17.2 Å². The molecule has 2 rings (SSSR count). The smallest absolute Gasteiger partial charge is 0.168 e.